The number of rotatable bonds is 6. The van der Waals surface area contributed by atoms with Gasteiger partial charge in [0.2, 0.25) is 0 Å². The van der Waals surface area contributed by atoms with Crippen LogP contribution in [0.25, 0.3) is 0 Å². The van der Waals surface area contributed by atoms with Gasteiger partial charge in [0.1, 0.15) is 5.75 Å². The molecule has 0 saturated heterocycles. The number of carbonyl (C=O) groups is 1. The summed E-state index contributed by atoms with van der Waals surface area (Å²) in [5, 5.41) is 3.60. The number of esters is 1. The Morgan fingerprint density at radius 3 is 2.43 bits per heavy atom. The summed E-state index contributed by atoms with van der Waals surface area (Å²) in [6.45, 7) is 0. The zero-order valence-electron chi connectivity index (χ0n) is 19.4. The zero-order chi connectivity index (χ0) is 24.6. The summed E-state index contributed by atoms with van der Waals surface area (Å²) in [6, 6.07) is 19.4. The first kappa shape index (κ1) is 23.0. The van der Waals surface area contributed by atoms with E-state index < -0.39 is 10.0 Å². The van der Waals surface area contributed by atoms with Gasteiger partial charge >= 0.3 is 5.97 Å². The fraction of sp³-hybridized carbons (Fsp3) is 0.222. The molecule has 0 radical (unpaired) electrons. The lowest BCUT2D eigenvalue weighted by molar-refractivity contribution is 0.0600. The van der Waals surface area contributed by atoms with Crippen molar-refractivity contribution in [1.82, 2.24) is 0 Å². The maximum absolute atomic E-state index is 13.1. The van der Waals surface area contributed by atoms with Crippen LogP contribution in [-0.2, 0) is 14.8 Å². The molecule has 2 aliphatic rings. The molecular weight excluding hydrogens is 464 g/mol. The molecule has 0 amide bonds. The lowest BCUT2D eigenvalue weighted by atomic mass is 9.77. The van der Waals surface area contributed by atoms with E-state index in [9.17, 15) is 13.2 Å². The van der Waals surface area contributed by atoms with Gasteiger partial charge in [0.05, 0.1) is 30.7 Å². The van der Waals surface area contributed by atoms with Crippen molar-refractivity contribution in [2.75, 3.05) is 24.3 Å². The predicted octanol–water partition coefficient (Wildman–Crippen LogP) is 5.11. The van der Waals surface area contributed by atoms with E-state index in [1.165, 1.54) is 7.11 Å². The third-order valence-corrected chi connectivity index (χ3v) is 8.06. The van der Waals surface area contributed by atoms with Crippen molar-refractivity contribution >= 4 is 27.4 Å². The van der Waals surface area contributed by atoms with Gasteiger partial charge in [0.25, 0.3) is 10.0 Å². The number of methoxy groups -OCH3 is 2. The molecule has 3 aromatic carbocycles. The number of ether oxygens (including phenoxy) is 2. The minimum absolute atomic E-state index is 0.0362. The van der Waals surface area contributed by atoms with Gasteiger partial charge in [-0.15, -0.1) is 0 Å². The number of carbonyl (C=O) groups excluding carboxylic acids is 1. The Balaban J connectivity index is 1.43. The van der Waals surface area contributed by atoms with Crippen LogP contribution >= 0.6 is 0 Å². The number of anilines is 2. The van der Waals surface area contributed by atoms with Crippen LogP contribution in [0.1, 0.15) is 39.9 Å². The second kappa shape index (κ2) is 9.11. The van der Waals surface area contributed by atoms with Crippen molar-refractivity contribution in [2.24, 2.45) is 5.92 Å². The molecule has 0 saturated carbocycles. The van der Waals surface area contributed by atoms with Crippen molar-refractivity contribution in [2.45, 2.75) is 23.3 Å². The fourth-order valence-electron chi connectivity index (χ4n) is 4.89. The van der Waals surface area contributed by atoms with Crippen LogP contribution in [0.3, 0.4) is 0 Å². The monoisotopic (exact) mass is 490 g/mol. The van der Waals surface area contributed by atoms with Gasteiger partial charge in [-0.2, -0.15) is 0 Å². The standard InChI is InChI=1S/C27H26N2O5S/c1-33-20-12-10-19(11-13-20)29-35(31,32)21-14-15-25-24(16-21)22-4-3-5-23(22)26(28-25)17-6-8-18(9-7-17)27(30)34-2/h3-4,6-16,22-23,26,28-29H,5H2,1-2H3/t22-,23-,26+/m1/s1. The van der Waals surface area contributed by atoms with Gasteiger partial charge in [-0.25, -0.2) is 13.2 Å². The highest BCUT2D eigenvalue weighted by molar-refractivity contribution is 7.92. The molecular formula is C27H26N2O5S. The first-order chi connectivity index (χ1) is 16.9. The Morgan fingerprint density at radius 1 is 1.00 bits per heavy atom. The molecule has 1 aliphatic heterocycles. The van der Waals surface area contributed by atoms with Crippen molar-refractivity contribution in [3.63, 3.8) is 0 Å². The van der Waals surface area contributed by atoms with E-state index >= 15 is 0 Å². The maximum atomic E-state index is 13.1. The van der Waals surface area contributed by atoms with Gasteiger partial charge in [-0.3, -0.25) is 4.72 Å². The number of allylic oxidation sites excluding steroid dienone is 2. The number of hydrogen-bond donors (Lipinski definition) is 2. The summed E-state index contributed by atoms with van der Waals surface area (Å²) in [4.78, 5) is 12.0. The second-order valence-corrected chi connectivity index (χ2v) is 10.4. The largest absolute Gasteiger partial charge is 0.497 e. The van der Waals surface area contributed by atoms with Crippen LogP contribution in [0.4, 0.5) is 11.4 Å². The third kappa shape index (κ3) is 4.37. The smallest absolute Gasteiger partial charge is 0.337 e. The number of fused-ring (bicyclic) bond motifs is 3. The van der Waals surface area contributed by atoms with Crippen LogP contribution in [0.5, 0.6) is 5.75 Å². The van der Waals surface area contributed by atoms with Gasteiger partial charge in [0.15, 0.2) is 0 Å². The summed E-state index contributed by atoms with van der Waals surface area (Å²) in [5.74, 6) is 0.615. The summed E-state index contributed by atoms with van der Waals surface area (Å²) in [7, 11) is -0.834. The van der Waals surface area contributed by atoms with Crippen molar-refractivity contribution in [3.8, 4) is 5.75 Å². The number of sulfonamides is 1. The Bertz CT molecular complexity index is 1380. The van der Waals surface area contributed by atoms with E-state index in [1.54, 1.807) is 55.6 Å². The van der Waals surface area contributed by atoms with Crippen LogP contribution in [0, 0.1) is 5.92 Å². The Morgan fingerprint density at radius 2 is 1.74 bits per heavy atom. The Hall–Kier alpha value is -3.78. The van der Waals surface area contributed by atoms with Gasteiger partial charge in [-0.1, -0.05) is 24.3 Å². The molecule has 3 atom stereocenters. The Labute approximate surface area is 204 Å². The summed E-state index contributed by atoms with van der Waals surface area (Å²) in [5.41, 5.74) is 3.91. The fourth-order valence-corrected chi connectivity index (χ4v) is 5.98. The van der Waals surface area contributed by atoms with Crippen molar-refractivity contribution in [1.29, 1.82) is 0 Å². The topological polar surface area (TPSA) is 93.7 Å². The molecule has 8 heteroatoms. The van der Waals surface area contributed by atoms with Gasteiger partial charge in [-0.05, 0) is 78.1 Å². The van der Waals surface area contributed by atoms with Crippen LogP contribution < -0.4 is 14.8 Å². The molecule has 0 spiro atoms. The van der Waals surface area contributed by atoms with E-state index in [1.807, 2.05) is 18.2 Å². The lowest BCUT2D eigenvalue weighted by Gasteiger charge is -2.37. The molecule has 5 rings (SSSR count). The van der Waals surface area contributed by atoms with Gasteiger partial charge in [0, 0.05) is 17.3 Å². The molecule has 0 unspecified atom stereocenters. The van der Waals surface area contributed by atoms with Gasteiger partial charge < -0.3 is 14.8 Å². The average Bonchev–Trinajstić information content (AvgIpc) is 3.38. The SMILES string of the molecule is COC(=O)c1ccc([C@@H]2Nc3ccc(S(=O)(=O)Nc4ccc(OC)cc4)cc3[C@@H]3C=CC[C@H]32)cc1. The summed E-state index contributed by atoms with van der Waals surface area (Å²) >= 11 is 0. The first-order valence-electron chi connectivity index (χ1n) is 11.3. The predicted molar refractivity (Wildman–Crippen MR) is 134 cm³/mol. The molecule has 3 aromatic rings. The van der Waals surface area contributed by atoms with E-state index in [2.05, 4.69) is 22.2 Å². The molecule has 2 N–H and O–H groups in total. The highest BCUT2D eigenvalue weighted by Gasteiger charge is 2.38. The van der Waals surface area contributed by atoms with E-state index in [0.717, 1.165) is 23.2 Å². The molecule has 1 heterocycles. The molecule has 0 bridgehead atoms. The minimum atomic E-state index is -3.76. The van der Waals surface area contributed by atoms with Crippen LogP contribution in [0.15, 0.2) is 83.8 Å². The van der Waals surface area contributed by atoms with Crippen LogP contribution in [0.2, 0.25) is 0 Å². The summed E-state index contributed by atoms with van der Waals surface area (Å²) < 4.78 is 38.8. The number of hydrogen-bond acceptors (Lipinski definition) is 6. The van der Waals surface area contributed by atoms with Crippen molar-refractivity contribution < 1.29 is 22.7 Å². The normalized spacial score (nSPS) is 20.3. The second-order valence-electron chi connectivity index (χ2n) is 8.67. The number of benzene rings is 3. The van der Waals surface area contributed by atoms with E-state index in [0.29, 0.717) is 17.0 Å². The number of nitrogens with one attached hydrogen (secondary N) is 2. The first-order valence-corrected chi connectivity index (χ1v) is 12.8. The van der Waals surface area contributed by atoms with Crippen molar-refractivity contribution in [3.05, 3.63) is 95.6 Å². The molecule has 180 valence electrons. The third-order valence-electron chi connectivity index (χ3n) is 6.68. The summed E-state index contributed by atoms with van der Waals surface area (Å²) in [6.07, 6.45) is 5.19. The molecule has 1 aliphatic carbocycles. The minimum Gasteiger partial charge on any atom is -0.497 e. The maximum Gasteiger partial charge on any atom is 0.337 e. The van der Waals surface area contributed by atoms with E-state index in [4.69, 9.17) is 9.47 Å². The highest BCUT2D eigenvalue weighted by atomic mass is 32.2. The molecule has 7 nitrogen and oxygen atoms in total. The zero-order valence-corrected chi connectivity index (χ0v) is 20.2. The molecule has 35 heavy (non-hydrogen) atoms. The quantitative estimate of drug-likeness (QED) is 0.368. The Kier molecular flexibility index (Phi) is 5.98. The molecule has 0 aromatic heterocycles. The lowest BCUT2D eigenvalue weighted by Crippen LogP contribution is -2.29. The molecule has 0 fully saturated rings. The van der Waals surface area contributed by atoms with E-state index in [-0.39, 0.29) is 28.7 Å². The average molecular weight is 491 g/mol. The van der Waals surface area contributed by atoms with Crippen LogP contribution in [-0.4, -0.2) is 28.6 Å². The highest BCUT2D eigenvalue weighted by Crippen LogP contribution is 2.50.